The number of hydrogen-bond acceptors (Lipinski definition) is 5. The van der Waals surface area contributed by atoms with Gasteiger partial charge in [-0.15, -0.1) is 29.9 Å². The van der Waals surface area contributed by atoms with Gasteiger partial charge in [0.05, 0.1) is 12.2 Å². The Morgan fingerprint density at radius 2 is 1.97 bits per heavy atom. The lowest BCUT2D eigenvalue weighted by atomic mass is 10.1. The Kier molecular flexibility index (Phi) is 11.2. The van der Waals surface area contributed by atoms with E-state index in [2.05, 4.69) is 64.1 Å². The number of piperidine rings is 1. The minimum Gasteiger partial charge on any atom is -0.351 e. The Morgan fingerprint density at radius 1 is 1.28 bits per heavy atom. The molecule has 162 valence electrons. The van der Waals surface area contributed by atoms with E-state index in [-0.39, 0.29) is 30.7 Å². The van der Waals surface area contributed by atoms with Crippen molar-refractivity contribution in [1.82, 2.24) is 30.5 Å². The molecule has 1 aliphatic rings. The first kappa shape index (κ1) is 25.4. The lowest BCUT2D eigenvalue weighted by Crippen LogP contribution is -2.33. The minimum absolute atomic E-state index is 0. The molecule has 1 fully saturated rings. The molecular formula is C20H32Cl2N6O. The molecule has 0 radical (unpaired) electrons. The van der Waals surface area contributed by atoms with Crippen molar-refractivity contribution in [1.29, 1.82) is 0 Å². The molecule has 0 aliphatic carbocycles. The normalized spacial score (nSPS) is 15.3. The van der Waals surface area contributed by atoms with Gasteiger partial charge in [0, 0.05) is 19.1 Å². The number of hydrogen-bond donors (Lipinski definition) is 2. The first-order valence-corrected chi connectivity index (χ1v) is 9.78. The number of nitrogens with one attached hydrogen (secondary N) is 2. The number of nitrogens with zero attached hydrogens (tertiary/aromatic N) is 4. The molecular weight excluding hydrogens is 411 g/mol. The van der Waals surface area contributed by atoms with E-state index in [1.54, 1.807) is 6.20 Å². The molecule has 0 saturated carbocycles. The predicted molar refractivity (Wildman–Crippen MR) is 120 cm³/mol. The number of carbonyl (C=O) groups excluding carboxylic acids is 1. The van der Waals surface area contributed by atoms with Crippen molar-refractivity contribution in [3.63, 3.8) is 0 Å². The van der Waals surface area contributed by atoms with Crippen LogP contribution >= 0.6 is 24.8 Å². The maximum absolute atomic E-state index is 12.3. The SMILES string of the molecule is CC(CCNC(=O)c1cn(C2CCNCC2)nn1)N(C)Cc1ccccc1.Cl.Cl. The topological polar surface area (TPSA) is 75.1 Å². The highest BCUT2D eigenvalue weighted by Gasteiger charge is 2.19. The molecule has 0 bridgehead atoms. The van der Waals surface area contributed by atoms with E-state index in [0.29, 0.717) is 24.3 Å². The third kappa shape index (κ3) is 7.59. The first-order valence-electron chi connectivity index (χ1n) is 9.78. The van der Waals surface area contributed by atoms with Gasteiger partial charge in [0.25, 0.3) is 5.91 Å². The monoisotopic (exact) mass is 442 g/mol. The highest BCUT2D eigenvalue weighted by Crippen LogP contribution is 2.17. The van der Waals surface area contributed by atoms with Crippen molar-refractivity contribution in [3.8, 4) is 0 Å². The van der Waals surface area contributed by atoms with Gasteiger partial charge in [0.15, 0.2) is 5.69 Å². The lowest BCUT2D eigenvalue weighted by Gasteiger charge is -2.24. The van der Waals surface area contributed by atoms with Crippen LogP contribution in [-0.4, -0.2) is 58.5 Å². The standard InChI is InChI=1S/C20H30N6O.2ClH/c1-16(25(2)14-17-6-4-3-5-7-17)8-13-22-20(27)19-15-26(24-23-19)18-9-11-21-12-10-18;;/h3-7,15-16,18,21H,8-14H2,1-2H3,(H,22,27);2*1H. The van der Waals surface area contributed by atoms with Crippen LogP contribution in [-0.2, 0) is 6.54 Å². The van der Waals surface area contributed by atoms with Gasteiger partial charge in [-0.1, -0.05) is 35.5 Å². The number of aromatic nitrogens is 3. The zero-order chi connectivity index (χ0) is 19.1. The maximum atomic E-state index is 12.3. The molecule has 1 unspecified atom stereocenters. The fraction of sp³-hybridized carbons (Fsp3) is 0.550. The second kappa shape index (κ2) is 12.8. The molecule has 29 heavy (non-hydrogen) atoms. The Labute approximate surface area is 185 Å². The third-order valence-electron chi connectivity index (χ3n) is 5.30. The van der Waals surface area contributed by atoms with Gasteiger partial charge < -0.3 is 10.6 Å². The minimum atomic E-state index is -0.145. The lowest BCUT2D eigenvalue weighted by molar-refractivity contribution is 0.0944. The van der Waals surface area contributed by atoms with Gasteiger partial charge in [-0.25, -0.2) is 4.68 Å². The predicted octanol–water partition coefficient (Wildman–Crippen LogP) is 2.69. The molecule has 9 heteroatoms. The maximum Gasteiger partial charge on any atom is 0.273 e. The van der Waals surface area contributed by atoms with E-state index in [1.165, 1.54) is 5.56 Å². The van der Waals surface area contributed by atoms with Gasteiger partial charge >= 0.3 is 0 Å². The number of carbonyl (C=O) groups is 1. The summed E-state index contributed by atoms with van der Waals surface area (Å²) in [5.41, 5.74) is 1.70. The van der Waals surface area contributed by atoms with E-state index in [9.17, 15) is 4.79 Å². The van der Waals surface area contributed by atoms with Gasteiger partial charge in [0.1, 0.15) is 0 Å². The average molecular weight is 443 g/mol. The number of rotatable bonds is 8. The molecule has 1 aromatic heterocycles. The molecule has 1 amide bonds. The number of halogens is 2. The molecule has 1 aromatic carbocycles. The summed E-state index contributed by atoms with van der Waals surface area (Å²) in [6.07, 6.45) is 4.71. The van der Waals surface area contributed by atoms with Crippen LogP contribution in [0.3, 0.4) is 0 Å². The molecule has 2 N–H and O–H groups in total. The zero-order valence-electron chi connectivity index (χ0n) is 17.1. The summed E-state index contributed by atoms with van der Waals surface area (Å²) in [6, 6.07) is 11.1. The molecule has 1 aliphatic heterocycles. The van der Waals surface area contributed by atoms with Crippen LogP contribution in [0.15, 0.2) is 36.5 Å². The van der Waals surface area contributed by atoms with Crippen LogP contribution in [0, 0.1) is 0 Å². The summed E-state index contributed by atoms with van der Waals surface area (Å²) < 4.78 is 1.84. The van der Waals surface area contributed by atoms with Crippen LogP contribution in [0.2, 0.25) is 0 Å². The van der Waals surface area contributed by atoms with Gasteiger partial charge in [-0.2, -0.15) is 0 Å². The second-order valence-corrected chi connectivity index (χ2v) is 7.36. The molecule has 1 atom stereocenters. The van der Waals surface area contributed by atoms with E-state index < -0.39 is 0 Å². The van der Waals surface area contributed by atoms with Crippen molar-refractivity contribution < 1.29 is 4.79 Å². The summed E-state index contributed by atoms with van der Waals surface area (Å²) in [6.45, 7) is 5.68. The first-order chi connectivity index (χ1) is 13.1. The molecule has 2 aromatic rings. The molecule has 0 spiro atoms. The summed E-state index contributed by atoms with van der Waals surface area (Å²) in [7, 11) is 2.12. The largest absolute Gasteiger partial charge is 0.351 e. The van der Waals surface area contributed by atoms with Gasteiger partial charge in [0.2, 0.25) is 0 Å². The van der Waals surface area contributed by atoms with Crippen LogP contribution in [0.1, 0.15) is 48.3 Å². The Bertz CT molecular complexity index is 721. The quantitative estimate of drug-likeness (QED) is 0.656. The fourth-order valence-electron chi connectivity index (χ4n) is 3.36. The summed E-state index contributed by atoms with van der Waals surface area (Å²) in [4.78, 5) is 14.6. The van der Waals surface area contributed by atoms with Gasteiger partial charge in [-0.3, -0.25) is 9.69 Å². The molecule has 1 saturated heterocycles. The number of benzene rings is 1. The van der Waals surface area contributed by atoms with Crippen molar-refractivity contribution in [3.05, 3.63) is 47.8 Å². The Hall–Kier alpha value is -1.67. The molecule has 7 nitrogen and oxygen atoms in total. The molecule has 2 heterocycles. The zero-order valence-corrected chi connectivity index (χ0v) is 18.7. The van der Waals surface area contributed by atoms with Crippen molar-refractivity contribution in [2.75, 3.05) is 26.7 Å². The number of amides is 1. The van der Waals surface area contributed by atoms with Crippen molar-refractivity contribution in [2.24, 2.45) is 0 Å². The Balaban J connectivity index is 0.00000210. The van der Waals surface area contributed by atoms with Crippen LogP contribution in [0.4, 0.5) is 0 Å². The van der Waals surface area contributed by atoms with E-state index >= 15 is 0 Å². The van der Waals surface area contributed by atoms with Crippen LogP contribution in [0.25, 0.3) is 0 Å². The average Bonchev–Trinajstić information content (AvgIpc) is 3.19. The van der Waals surface area contributed by atoms with Crippen molar-refractivity contribution >= 4 is 30.7 Å². The van der Waals surface area contributed by atoms with E-state index in [1.807, 2.05) is 10.7 Å². The molecule has 3 rings (SSSR count). The third-order valence-corrected chi connectivity index (χ3v) is 5.30. The highest BCUT2D eigenvalue weighted by molar-refractivity contribution is 5.91. The second-order valence-electron chi connectivity index (χ2n) is 7.36. The highest BCUT2D eigenvalue weighted by atomic mass is 35.5. The Morgan fingerprint density at radius 3 is 2.66 bits per heavy atom. The summed E-state index contributed by atoms with van der Waals surface area (Å²) in [5.74, 6) is -0.145. The van der Waals surface area contributed by atoms with E-state index in [4.69, 9.17) is 0 Å². The van der Waals surface area contributed by atoms with Crippen LogP contribution < -0.4 is 10.6 Å². The fourth-order valence-corrected chi connectivity index (χ4v) is 3.36. The van der Waals surface area contributed by atoms with E-state index in [0.717, 1.165) is 38.9 Å². The van der Waals surface area contributed by atoms with Gasteiger partial charge in [-0.05, 0) is 51.9 Å². The van der Waals surface area contributed by atoms with Crippen LogP contribution in [0.5, 0.6) is 0 Å². The smallest absolute Gasteiger partial charge is 0.273 e. The van der Waals surface area contributed by atoms with Crippen molar-refractivity contribution in [2.45, 2.75) is 44.8 Å². The summed E-state index contributed by atoms with van der Waals surface area (Å²) in [5, 5.41) is 14.5. The summed E-state index contributed by atoms with van der Waals surface area (Å²) >= 11 is 0.